The molecule has 6 heteroatoms. The van der Waals surface area contributed by atoms with Gasteiger partial charge in [-0.05, 0) is 12.8 Å². The molecular weight excluding hydrogens is 198 g/mol. The van der Waals surface area contributed by atoms with Gasteiger partial charge in [0.15, 0.2) is 0 Å². The third-order valence-electron chi connectivity index (χ3n) is 1.77. The molecule has 0 radical (unpaired) electrons. The first-order chi connectivity index (χ1) is 7.07. The molecule has 0 saturated heterocycles. The highest BCUT2D eigenvalue weighted by atomic mass is 16.4. The van der Waals surface area contributed by atoms with Crippen LogP contribution < -0.4 is 11.1 Å². The van der Waals surface area contributed by atoms with Gasteiger partial charge in [0.05, 0.1) is 12.1 Å². The molecule has 0 saturated carbocycles. The fraction of sp³-hybridized carbons (Fsp3) is 0.667. The Labute approximate surface area is 88.1 Å². The molecule has 1 unspecified atom stereocenters. The minimum atomic E-state index is -0.970. The molecule has 0 bridgehead atoms. The summed E-state index contributed by atoms with van der Waals surface area (Å²) in [5.74, 6) is -1.34. The van der Waals surface area contributed by atoms with Gasteiger partial charge in [-0.1, -0.05) is 0 Å². The van der Waals surface area contributed by atoms with E-state index in [1.165, 1.54) is 0 Å². The van der Waals surface area contributed by atoms with Gasteiger partial charge in [0.2, 0.25) is 5.91 Å². The van der Waals surface area contributed by atoms with E-state index in [1.54, 1.807) is 0 Å². The van der Waals surface area contributed by atoms with Crippen molar-refractivity contribution in [3.05, 3.63) is 0 Å². The number of nitrogens with two attached hydrogens (primary N) is 1. The predicted octanol–water partition coefficient (Wildman–Crippen LogP) is -0.402. The summed E-state index contributed by atoms with van der Waals surface area (Å²) < 4.78 is 0. The number of unbranched alkanes of at least 4 members (excludes halogenated alkanes) is 1. The average molecular weight is 213 g/mol. The Morgan fingerprint density at radius 3 is 2.73 bits per heavy atom. The molecule has 15 heavy (non-hydrogen) atoms. The molecule has 0 heterocycles. The lowest BCUT2D eigenvalue weighted by molar-refractivity contribution is -0.137. The van der Waals surface area contributed by atoms with Crippen molar-refractivity contribution in [2.45, 2.75) is 31.7 Å². The van der Waals surface area contributed by atoms with Crippen LogP contribution in [0.3, 0.4) is 0 Å². The number of carbonyl (C=O) groups is 2. The van der Waals surface area contributed by atoms with Crippen LogP contribution in [-0.2, 0) is 9.59 Å². The van der Waals surface area contributed by atoms with Crippen LogP contribution in [0.2, 0.25) is 0 Å². The molecule has 1 atom stereocenters. The first kappa shape index (κ1) is 13.4. The molecule has 0 fully saturated rings. The summed E-state index contributed by atoms with van der Waals surface area (Å²) in [6.45, 7) is 0.396. The summed E-state index contributed by atoms with van der Waals surface area (Å²) in [4.78, 5) is 21.4. The van der Waals surface area contributed by atoms with Gasteiger partial charge in [-0.2, -0.15) is 5.26 Å². The van der Waals surface area contributed by atoms with Crippen molar-refractivity contribution < 1.29 is 14.7 Å². The molecule has 84 valence electrons. The highest BCUT2D eigenvalue weighted by Crippen LogP contribution is 1.94. The van der Waals surface area contributed by atoms with Crippen LogP contribution >= 0.6 is 0 Å². The number of aliphatic carboxylic acids is 1. The number of nitriles is 1. The third kappa shape index (κ3) is 7.46. The maximum atomic E-state index is 11.2. The van der Waals surface area contributed by atoms with E-state index in [0.717, 1.165) is 0 Å². The first-order valence-electron chi connectivity index (χ1n) is 4.70. The van der Waals surface area contributed by atoms with E-state index in [-0.39, 0.29) is 18.7 Å². The van der Waals surface area contributed by atoms with Gasteiger partial charge >= 0.3 is 5.97 Å². The van der Waals surface area contributed by atoms with Crippen LogP contribution in [0.4, 0.5) is 0 Å². The summed E-state index contributed by atoms with van der Waals surface area (Å²) in [5.41, 5.74) is 5.44. The zero-order valence-corrected chi connectivity index (χ0v) is 8.40. The van der Waals surface area contributed by atoms with E-state index < -0.39 is 12.0 Å². The Balaban J connectivity index is 3.61. The summed E-state index contributed by atoms with van der Waals surface area (Å²) in [6, 6.07) is 1.16. The number of hydrogen-bond donors (Lipinski definition) is 3. The number of amides is 1. The number of nitrogens with one attached hydrogen (secondary N) is 1. The van der Waals surface area contributed by atoms with Gasteiger partial charge < -0.3 is 16.2 Å². The van der Waals surface area contributed by atoms with Gasteiger partial charge in [0.1, 0.15) is 0 Å². The number of hydrogen-bond acceptors (Lipinski definition) is 4. The number of rotatable bonds is 7. The van der Waals surface area contributed by atoms with E-state index in [9.17, 15) is 9.59 Å². The van der Waals surface area contributed by atoms with Crippen LogP contribution in [0.15, 0.2) is 0 Å². The van der Waals surface area contributed by atoms with E-state index >= 15 is 0 Å². The molecule has 0 spiro atoms. The summed E-state index contributed by atoms with van der Waals surface area (Å²) >= 11 is 0. The monoisotopic (exact) mass is 213 g/mol. The van der Waals surface area contributed by atoms with E-state index in [2.05, 4.69) is 5.32 Å². The molecule has 0 aliphatic carbocycles. The second kappa shape index (κ2) is 7.76. The van der Waals surface area contributed by atoms with Gasteiger partial charge in [-0.25, -0.2) is 0 Å². The highest BCUT2D eigenvalue weighted by Gasteiger charge is 2.13. The second-order valence-corrected chi connectivity index (χ2v) is 3.09. The lowest BCUT2D eigenvalue weighted by Gasteiger charge is -2.10. The third-order valence-corrected chi connectivity index (χ3v) is 1.77. The minimum absolute atomic E-state index is 0.118. The van der Waals surface area contributed by atoms with Crippen molar-refractivity contribution in [1.82, 2.24) is 5.32 Å². The maximum Gasteiger partial charge on any atom is 0.303 e. The smallest absolute Gasteiger partial charge is 0.303 e. The molecule has 1 amide bonds. The Bertz CT molecular complexity index is 260. The minimum Gasteiger partial charge on any atom is -0.481 e. The van der Waals surface area contributed by atoms with Crippen LogP contribution in [0, 0.1) is 11.3 Å². The van der Waals surface area contributed by atoms with Crippen LogP contribution in [-0.4, -0.2) is 29.6 Å². The van der Waals surface area contributed by atoms with E-state index in [0.29, 0.717) is 19.4 Å². The van der Waals surface area contributed by atoms with Gasteiger partial charge in [0, 0.05) is 19.4 Å². The zero-order chi connectivity index (χ0) is 11.7. The topological polar surface area (TPSA) is 116 Å². The summed E-state index contributed by atoms with van der Waals surface area (Å²) in [7, 11) is 0. The number of carbonyl (C=O) groups excluding carboxylic acids is 1. The maximum absolute atomic E-state index is 11.2. The largest absolute Gasteiger partial charge is 0.481 e. The lowest BCUT2D eigenvalue weighted by atomic mass is 10.1. The van der Waals surface area contributed by atoms with E-state index in [1.807, 2.05) is 6.07 Å². The van der Waals surface area contributed by atoms with Crippen molar-refractivity contribution in [3.8, 4) is 6.07 Å². The Hall–Kier alpha value is -1.61. The van der Waals surface area contributed by atoms with E-state index in [4.69, 9.17) is 16.1 Å². The second-order valence-electron chi connectivity index (χ2n) is 3.09. The standard InChI is InChI=1S/C9H15N3O3/c10-5-1-2-6-12-9(15)7(11)3-4-8(13)14/h7H,1-4,6,11H2,(H,12,15)(H,13,14). The van der Waals surface area contributed by atoms with Crippen LogP contribution in [0.25, 0.3) is 0 Å². The normalized spacial score (nSPS) is 11.5. The molecule has 0 aromatic rings. The molecule has 0 aromatic carbocycles. The van der Waals surface area contributed by atoms with Crippen molar-refractivity contribution in [3.63, 3.8) is 0 Å². The zero-order valence-electron chi connectivity index (χ0n) is 8.40. The highest BCUT2D eigenvalue weighted by molar-refractivity contribution is 5.82. The fourth-order valence-corrected chi connectivity index (χ4v) is 0.920. The molecule has 0 aliphatic heterocycles. The average Bonchev–Trinajstić information content (AvgIpc) is 2.20. The van der Waals surface area contributed by atoms with Crippen molar-refractivity contribution in [2.75, 3.05) is 6.54 Å². The molecule has 0 aliphatic rings. The molecular formula is C9H15N3O3. The molecule has 0 aromatic heterocycles. The van der Waals surface area contributed by atoms with Gasteiger partial charge in [0.25, 0.3) is 0 Å². The van der Waals surface area contributed by atoms with Crippen molar-refractivity contribution in [1.29, 1.82) is 5.26 Å². The van der Waals surface area contributed by atoms with Crippen molar-refractivity contribution >= 4 is 11.9 Å². The van der Waals surface area contributed by atoms with Crippen molar-refractivity contribution in [2.24, 2.45) is 5.73 Å². The Kier molecular flexibility index (Phi) is 6.93. The number of carboxylic acid groups (broad SMARTS) is 1. The van der Waals surface area contributed by atoms with Gasteiger partial charge in [-0.15, -0.1) is 0 Å². The lowest BCUT2D eigenvalue weighted by Crippen LogP contribution is -2.41. The first-order valence-corrected chi connectivity index (χ1v) is 4.70. The number of nitrogens with zero attached hydrogens (tertiary/aromatic N) is 1. The fourth-order valence-electron chi connectivity index (χ4n) is 0.920. The molecule has 0 rings (SSSR count). The Morgan fingerprint density at radius 1 is 1.53 bits per heavy atom. The van der Waals surface area contributed by atoms with Gasteiger partial charge in [-0.3, -0.25) is 9.59 Å². The molecule has 4 N–H and O–H groups in total. The Morgan fingerprint density at radius 2 is 2.20 bits per heavy atom. The summed E-state index contributed by atoms with van der Waals surface area (Å²) in [6.07, 6.45) is 0.963. The quantitative estimate of drug-likeness (QED) is 0.497. The number of carboxylic acids is 1. The SMILES string of the molecule is N#CCCCNC(=O)C(N)CCC(=O)O. The van der Waals surface area contributed by atoms with Crippen LogP contribution in [0.5, 0.6) is 0 Å². The predicted molar refractivity (Wildman–Crippen MR) is 52.7 cm³/mol. The summed E-state index contributed by atoms with van der Waals surface area (Å²) in [5, 5.41) is 19.1. The molecule has 6 nitrogen and oxygen atoms in total. The van der Waals surface area contributed by atoms with Crippen LogP contribution in [0.1, 0.15) is 25.7 Å².